The average Bonchev–Trinajstić information content (AvgIpc) is 3.33. The molecule has 2 aliphatic heterocycles. The Bertz CT molecular complexity index is 861. The average molecular weight is 424 g/mol. The molecular formula is C23H29N5O3. The van der Waals surface area contributed by atoms with Gasteiger partial charge in [-0.3, -0.25) is 9.59 Å². The summed E-state index contributed by atoms with van der Waals surface area (Å²) in [4.78, 5) is 37.3. The number of carbonyl (C=O) groups excluding carboxylic acids is 2. The number of nitrogens with one attached hydrogen (secondary N) is 1. The zero-order valence-electron chi connectivity index (χ0n) is 17.7. The molecule has 1 aromatic heterocycles. The molecule has 0 saturated carbocycles. The molecule has 31 heavy (non-hydrogen) atoms. The summed E-state index contributed by atoms with van der Waals surface area (Å²) in [6, 6.07) is 9.32. The normalized spacial score (nSPS) is 18.8. The fourth-order valence-corrected chi connectivity index (χ4v) is 3.99. The molecule has 1 N–H and O–H groups in total. The fourth-order valence-electron chi connectivity index (χ4n) is 3.99. The van der Waals surface area contributed by atoms with E-state index in [1.54, 1.807) is 18.5 Å². The molecule has 0 bridgehead atoms. The van der Waals surface area contributed by atoms with Gasteiger partial charge in [-0.2, -0.15) is 0 Å². The maximum absolute atomic E-state index is 12.7. The third kappa shape index (κ3) is 6.01. The van der Waals surface area contributed by atoms with E-state index in [2.05, 4.69) is 20.2 Å². The van der Waals surface area contributed by atoms with Crippen molar-refractivity contribution in [3.05, 3.63) is 48.3 Å². The topological polar surface area (TPSA) is 87.7 Å². The molecule has 0 radical (unpaired) electrons. The number of anilines is 2. The minimum atomic E-state index is -0.000377. The fraction of sp³-hybridized carbons (Fsp3) is 0.478. The molecule has 2 fully saturated rings. The number of amides is 2. The van der Waals surface area contributed by atoms with Gasteiger partial charge < -0.3 is 19.9 Å². The van der Waals surface area contributed by atoms with Crippen molar-refractivity contribution in [1.29, 1.82) is 0 Å². The van der Waals surface area contributed by atoms with Crippen LogP contribution in [0.4, 0.5) is 11.6 Å². The van der Waals surface area contributed by atoms with Crippen LogP contribution in [0, 0.1) is 0 Å². The number of hydrogen-bond donors (Lipinski definition) is 1. The molecule has 0 aliphatic carbocycles. The Kier molecular flexibility index (Phi) is 7.09. The van der Waals surface area contributed by atoms with Crippen molar-refractivity contribution in [3.63, 3.8) is 0 Å². The smallest absolute Gasteiger partial charge is 0.227 e. The molecule has 2 amide bonds. The van der Waals surface area contributed by atoms with Gasteiger partial charge in [0.1, 0.15) is 0 Å². The van der Waals surface area contributed by atoms with Gasteiger partial charge in [-0.1, -0.05) is 12.1 Å². The van der Waals surface area contributed by atoms with E-state index in [9.17, 15) is 9.59 Å². The maximum Gasteiger partial charge on any atom is 0.227 e. The predicted molar refractivity (Wildman–Crippen MR) is 118 cm³/mol. The highest BCUT2D eigenvalue weighted by molar-refractivity contribution is 5.90. The number of aromatic nitrogens is 2. The van der Waals surface area contributed by atoms with Gasteiger partial charge in [0.15, 0.2) is 0 Å². The first kappa shape index (κ1) is 21.2. The molecule has 1 atom stereocenters. The minimum Gasteiger partial charge on any atom is -0.378 e. The molecule has 2 saturated heterocycles. The van der Waals surface area contributed by atoms with Crippen molar-refractivity contribution in [2.75, 3.05) is 43.0 Å². The standard InChI is InChI=1S/C23H29N5O3/c29-21(9-8-20-3-1-16-31-20)26-19-6-4-18(5-7-19)17-22(30)27-12-14-28(15-13-27)23-24-10-2-11-25-23/h2,4-7,10-11,20H,1,3,8-9,12-17H2,(H,26,29). The maximum atomic E-state index is 12.7. The number of hydrogen-bond acceptors (Lipinski definition) is 6. The van der Waals surface area contributed by atoms with E-state index in [0.717, 1.165) is 50.2 Å². The Labute approximate surface area is 182 Å². The van der Waals surface area contributed by atoms with Crippen LogP contribution in [0.2, 0.25) is 0 Å². The van der Waals surface area contributed by atoms with E-state index in [1.165, 1.54) is 0 Å². The second-order valence-electron chi connectivity index (χ2n) is 8.01. The van der Waals surface area contributed by atoms with E-state index in [-0.39, 0.29) is 17.9 Å². The van der Waals surface area contributed by atoms with Crippen LogP contribution >= 0.6 is 0 Å². The second kappa shape index (κ2) is 10.3. The number of nitrogens with zero attached hydrogens (tertiary/aromatic N) is 4. The molecule has 1 unspecified atom stereocenters. The van der Waals surface area contributed by atoms with Crippen molar-refractivity contribution in [1.82, 2.24) is 14.9 Å². The lowest BCUT2D eigenvalue weighted by Crippen LogP contribution is -2.49. The lowest BCUT2D eigenvalue weighted by atomic mass is 10.1. The third-order valence-electron chi connectivity index (χ3n) is 5.78. The monoisotopic (exact) mass is 423 g/mol. The molecular weight excluding hydrogens is 394 g/mol. The predicted octanol–water partition coefficient (Wildman–Crippen LogP) is 2.27. The second-order valence-corrected chi connectivity index (χ2v) is 8.01. The Morgan fingerprint density at radius 1 is 1.06 bits per heavy atom. The first-order chi connectivity index (χ1) is 15.2. The van der Waals surface area contributed by atoms with Crippen molar-refractivity contribution in [3.8, 4) is 0 Å². The zero-order valence-corrected chi connectivity index (χ0v) is 17.7. The summed E-state index contributed by atoms with van der Waals surface area (Å²) >= 11 is 0. The number of rotatable bonds is 7. The molecule has 8 heteroatoms. The first-order valence-electron chi connectivity index (χ1n) is 11.0. The summed E-state index contributed by atoms with van der Waals surface area (Å²) in [7, 11) is 0. The highest BCUT2D eigenvalue weighted by Crippen LogP contribution is 2.18. The van der Waals surface area contributed by atoms with E-state index in [0.29, 0.717) is 31.9 Å². The van der Waals surface area contributed by atoms with E-state index in [1.807, 2.05) is 29.2 Å². The van der Waals surface area contributed by atoms with Crippen LogP contribution < -0.4 is 10.2 Å². The van der Waals surface area contributed by atoms with Gasteiger partial charge in [0.2, 0.25) is 17.8 Å². The van der Waals surface area contributed by atoms with Crippen molar-refractivity contribution < 1.29 is 14.3 Å². The lowest BCUT2D eigenvalue weighted by Gasteiger charge is -2.34. The van der Waals surface area contributed by atoms with Crippen molar-refractivity contribution in [2.24, 2.45) is 0 Å². The summed E-state index contributed by atoms with van der Waals surface area (Å²) in [5, 5.41) is 2.92. The van der Waals surface area contributed by atoms with Gasteiger partial charge in [0, 0.05) is 57.3 Å². The van der Waals surface area contributed by atoms with Crippen LogP contribution in [0.5, 0.6) is 0 Å². The highest BCUT2D eigenvalue weighted by atomic mass is 16.5. The number of ether oxygens (including phenoxy) is 1. The van der Waals surface area contributed by atoms with Crippen LogP contribution in [0.25, 0.3) is 0 Å². The molecule has 2 aromatic rings. The van der Waals surface area contributed by atoms with Gasteiger partial charge in [-0.25, -0.2) is 9.97 Å². The van der Waals surface area contributed by atoms with E-state index < -0.39 is 0 Å². The molecule has 8 nitrogen and oxygen atoms in total. The summed E-state index contributed by atoms with van der Waals surface area (Å²) in [5.41, 5.74) is 1.70. The minimum absolute atomic E-state index is 0.000377. The van der Waals surface area contributed by atoms with Gasteiger partial charge in [-0.05, 0) is 43.0 Å². The number of carbonyl (C=O) groups is 2. The van der Waals surface area contributed by atoms with Gasteiger partial charge in [0.25, 0.3) is 0 Å². The summed E-state index contributed by atoms with van der Waals surface area (Å²) in [6.45, 7) is 3.59. The molecule has 0 spiro atoms. The SMILES string of the molecule is O=C(CCC1CCCO1)Nc1ccc(CC(=O)N2CCN(c3ncccn3)CC2)cc1. The van der Waals surface area contributed by atoms with Gasteiger partial charge in [-0.15, -0.1) is 0 Å². The number of benzene rings is 1. The molecule has 164 valence electrons. The van der Waals surface area contributed by atoms with Gasteiger partial charge in [0.05, 0.1) is 12.5 Å². The van der Waals surface area contributed by atoms with E-state index >= 15 is 0 Å². The zero-order chi connectivity index (χ0) is 21.5. The van der Waals surface area contributed by atoms with Crippen LogP contribution in [-0.4, -0.2) is 65.6 Å². The Balaban J connectivity index is 1.20. The van der Waals surface area contributed by atoms with Crippen molar-refractivity contribution in [2.45, 2.75) is 38.2 Å². The highest BCUT2D eigenvalue weighted by Gasteiger charge is 2.22. The molecule has 3 heterocycles. The third-order valence-corrected chi connectivity index (χ3v) is 5.78. The molecule has 1 aromatic carbocycles. The molecule has 4 rings (SSSR count). The van der Waals surface area contributed by atoms with Gasteiger partial charge >= 0.3 is 0 Å². The van der Waals surface area contributed by atoms with Crippen LogP contribution in [0.3, 0.4) is 0 Å². The van der Waals surface area contributed by atoms with Crippen LogP contribution in [-0.2, 0) is 20.7 Å². The van der Waals surface area contributed by atoms with Crippen LogP contribution in [0.15, 0.2) is 42.7 Å². The summed E-state index contributed by atoms with van der Waals surface area (Å²) in [6.07, 6.45) is 7.41. The van der Waals surface area contributed by atoms with E-state index in [4.69, 9.17) is 4.74 Å². The lowest BCUT2D eigenvalue weighted by molar-refractivity contribution is -0.130. The first-order valence-corrected chi connectivity index (χ1v) is 11.0. The van der Waals surface area contributed by atoms with Crippen molar-refractivity contribution >= 4 is 23.5 Å². The Morgan fingerprint density at radius 3 is 2.48 bits per heavy atom. The Hall–Kier alpha value is -3.00. The quantitative estimate of drug-likeness (QED) is 0.735. The number of piperazine rings is 1. The molecule has 2 aliphatic rings. The summed E-state index contributed by atoms with van der Waals surface area (Å²) < 4.78 is 5.56. The van der Waals surface area contributed by atoms with Crippen LogP contribution in [0.1, 0.15) is 31.2 Å². The Morgan fingerprint density at radius 2 is 1.81 bits per heavy atom. The largest absolute Gasteiger partial charge is 0.378 e. The summed E-state index contributed by atoms with van der Waals surface area (Å²) in [5.74, 6) is 0.824.